The highest BCUT2D eigenvalue weighted by atomic mass is 16.5. The molecule has 0 N–H and O–H groups in total. The highest BCUT2D eigenvalue weighted by Crippen LogP contribution is 2.36. The molecule has 1 saturated heterocycles. The van der Waals surface area contributed by atoms with Crippen LogP contribution in [0.5, 0.6) is 5.75 Å². The molecule has 1 aromatic carbocycles. The van der Waals surface area contributed by atoms with Gasteiger partial charge in [0.2, 0.25) is 0 Å². The number of rotatable bonds is 5. The number of para-hydroxylation sites is 1. The summed E-state index contributed by atoms with van der Waals surface area (Å²) in [7, 11) is 1.79. The molecule has 2 nitrogen and oxygen atoms in total. The quantitative estimate of drug-likeness (QED) is 0.697. The molecule has 3 rings (SSSR count). The molecule has 1 aliphatic heterocycles. The third kappa shape index (κ3) is 4.03. The largest absolute Gasteiger partial charge is 0.496 e. The minimum atomic E-state index is 0.657. The summed E-state index contributed by atoms with van der Waals surface area (Å²) in [4.78, 5) is 2.71. The Balaban J connectivity index is 1.55. The summed E-state index contributed by atoms with van der Waals surface area (Å²) in [6, 6.07) is 8.56. The number of ether oxygens (including phenoxy) is 1. The van der Waals surface area contributed by atoms with E-state index in [1.807, 2.05) is 0 Å². The van der Waals surface area contributed by atoms with Crippen LogP contribution >= 0.6 is 0 Å². The van der Waals surface area contributed by atoms with Gasteiger partial charge in [-0.15, -0.1) is 0 Å². The van der Waals surface area contributed by atoms with Crippen LogP contribution in [0.25, 0.3) is 0 Å². The van der Waals surface area contributed by atoms with Gasteiger partial charge in [-0.05, 0) is 74.1 Å². The minimum Gasteiger partial charge on any atom is -0.496 e. The molecular weight excluding hydrogens is 294 g/mol. The van der Waals surface area contributed by atoms with Crippen LogP contribution in [-0.4, -0.2) is 31.6 Å². The predicted octanol–water partition coefficient (Wildman–Crippen LogP) is 5.11. The van der Waals surface area contributed by atoms with Crippen molar-refractivity contribution in [3.63, 3.8) is 0 Å². The third-order valence-corrected chi connectivity index (χ3v) is 6.22. The second-order valence-corrected chi connectivity index (χ2v) is 7.72. The Morgan fingerprint density at radius 3 is 2.58 bits per heavy atom. The van der Waals surface area contributed by atoms with E-state index >= 15 is 0 Å². The van der Waals surface area contributed by atoms with E-state index in [-0.39, 0.29) is 0 Å². The van der Waals surface area contributed by atoms with Gasteiger partial charge in [-0.25, -0.2) is 0 Å². The van der Waals surface area contributed by atoms with Crippen LogP contribution in [0.4, 0.5) is 0 Å². The molecule has 0 saturated carbocycles. The summed E-state index contributed by atoms with van der Waals surface area (Å²) in [5.41, 5.74) is 1.40. The van der Waals surface area contributed by atoms with E-state index in [0.29, 0.717) is 5.92 Å². The van der Waals surface area contributed by atoms with Gasteiger partial charge in [0, 0.05) is 6.54 Å². The van der Waals surface area contributed by atoms with Crippen molar-refractivity contribution in [1.29, 1.82) is 0 Å². The molecule has 3 unspecified atom stereocenters. The number of benzene rings is 1. The van der Waals surface area contributed by atoms with Gasteiger partial charge in [0.05, 0.1) is 7.11 Å². The van der Waals surface area contributed by atoms with Gasteiger partial charge < -0.3 is 9.64 Å². The Labute approximate surface area is 147 Å². The molecule has 24 heavy (non-hydrogen) atoms. The van der Waals surface area contributed by atoms with Gasteiger partial charge in [-0.1, -0.05) is 44.2 Å². The van der Waals surface area contributed by atoms with Crippen LogP contribution in [0.3, 0.4) is 0 Å². The molecule has 0 bridgehead atoms. The fraction of sp³-hybridized carbons (Fsp3) is 0.636. The van der Waals surface area contributed by atoms with Crippen molar-refractivity contribution in [2.45, 2.75) is 45.4 Å². The van der Waals surface area contributed by atoms with Crippen molar-refractivity contribution in [2.24, 2.45) is 17.8 Å². The zero-order chi connectivity index (χ0) is 16.9. The molecule has 1 aromatic rings. The predicted molar refractivity (Wildman–Crippen MR) is 102 cm³/mol. The third-order valence-electron chi connectivity index (χ3n) is 6.22. The van der Waals surface area contributed by atoms with E-state index < -0.39 is 0 Å². The first-order valence-electron chi connectivity index (χ1n) is 9.74. The van der Waals surface area contributed by atoms with E-state index in [4.69, 9.17) is 4.74 Å². The minimum absolute atomic E-state index is 0.657. The number of methoxy groups -OCH3 is 1. The molecule has 0 radical (unpaired) electrons. The lowest BCUT2D eigenvalue weighted by Crippen LogP contribution is -2.39. The lowest BCUT2D eigenvalue weighted by Gasteiger charge is -2.38. The smallest absolute Gasteiger partial charge is 0.122 e. The maximum Gasteiger partial charge on any atom is 0.122 e. The molecule has 2 heteroatoms. The Bertz CT molecular complexity index is 545. The summed E-state index contributed by atoms with van der Waals surface area (Å²) in [5, 5.41) is 0. The lowest BCUT2D eigenvalue weighted by molar-refractivity contribution is 0.152. The van der Waals surface area contributed by atoms with Crippen molar-refractivity contribution < 1.29 is 4.74 Å². The van der Waals surface area contributed by atoms with Gasteiger partial charge in [-0.2, -0.15) is 0 Å². The van der Waals surface area contributed by atoms with Gasteiger partial charge in [0.25, 0.3) is 0 Å². The van der Waals surface area contributed by atoms with E-state index in [0.717, 1.165) is 23.5 Å². The van der Waals surface area contributed by atoms with Crippen molar-refractivity contribution >= 4 is 0 Å². The molecule has 2 aliphatic rings. The number of allylic oxidation sites excluding steroid dienone is 2. The molecule has 0 aromatic heterocycles. The van der Waals surface area contributed by atoms with E-state index in [9.17, 15) is 0 Å². The molecule has 1 fully saturated rings. The van der Waals surface area contributed by atoms with Crippen LogP contribution in [0.15, 0.2) is 36.4 Å². The number of piperidine rings is 1. The summed E-state index contributed by atoms with van der Waals surface area (Å²) >= 11 is 0. The molecule has 1 aliphatic carbocycles. The Hall–Kier alpha value is -1.28. The SMILES string of the molecule is CCC1C=CC(C)C(CN2CCC(c3ccccc3OC)CC2)C1. The molecule has 132 valence electrons. The maximum atomic E-state index is 5.56. The lowest BCUT2D eigenvalue weighted by atomic mass is 9.78. The van der Waals surface area contributed by atoms with E-state index in [2.05, 4.69) is 55.2 Å². The summed E-state index contributed by atoms with van der Waals surface area (Å²) in [6.07, 6.45) is 10.1. The number of nitrogens with zero attached hydrogens (tertiary/aromatic N) is 1. The monoisotopic (exact) mass is 327 g/mol. The standard InChI is InChI=1S/C22H33NO/c1-4-18-10-9-17(2)20(15-18)16-23-13-11-19(12-14-23)21-7-5-6-8-22(21)24-3/h5-10,17-20H,4,11-16H2,1-3H3. The average molecular weight is 328 g/mol. The fourth-order valence-corrected chi connectivity index (χ4v) is 4.48. The molecule has 1 heterocycles. The second kappa shape index (κ2) is 8.20. The first-order chi connectivity index (χ1) is 11.7. The summed E-state index contributed by atoms with van der Waals surface area (Å²) in [5.74, 6) is 4.09. The molecule has 0 spiro atoms. The topological polar surface area (TPSA) is 12.5 Å². The van der Waals surface area contributed by atoms with Crippen molar-refractivity contribution in [3.05, 3.63) is 42.0 Å². The van der Waals surface area contributed by atoms with Crippen molar-refractivity contribution in [1.82, 2.24) is 4.90 Å². The Kier molecular flexibility index (Phi) is 5.99. The molecule has 3 atom stereocenters. The van der Waals surface area contributed by atoms with Crippen molar-refractivity contribution in [2.75, 3.05) is 26.7 Å². The van der Waals surface area contributed by atoms with E-state index in [1.54, 1.807) is 7.11 Å². The van der Waals surface area contributed by atoms with Crippen LogP contribution in [0, 0.1) is 17.8 Å². The van der Waals surface area contributed by atoms with Crippen molar-refractivity contribution in [3.8, 4) is 5.75 Å². The maximum absolute atomic E-state index is 5.56. The van der Waals surface area contributed by atoms with Crippen LogP contribution in [0.1, 0.15) is 51.0 Å². The zero-order valence-electron chi connectivity index (χ0n) is 15.6. The Morgan fingerprint density at radius 2 is 1.88 bits per heavy atom. The van der Waals surface area contributed by atoms with Crippen LogP contribution in [0.2, 0.25) is 0 Å². The van der Waals surface area contributed by atoms with Gasteiger partial charge >= 0.3 is 0 Å². The number of hydrogen-bond donors (Lipinski definition) is 0. The number of hydrogen-bond acceptors (Lipinski definition) is 2. The first kappa shape index (κ1) is 17.5. The van der Waals surface area contributed by atoms with E-state index in [1.165, 1.54) is 50.9 Å². The zero-order valence-corrected chi connectivity index (χ0v) is 15.6. The van der Waals surface area contributed by atoms with Gasteiger partial charge in [0.15, 0.2) is 0 Å². The van der Waals surface area contributed by atoms with Crippen LogP contribution < -0.4 is 4.74 Å². The molecular formula is C22H33NO. The normalized spacial score (nSPS) is 28.9. The van der Waals surface area contributed by atoms with Crippen LogP contribution in [-0.2, 0) is 0 Å². The summed E-state index contributed by atoms with van der Waals surface area (Å²) < 4.78 is 5.56. The fourth-order valence-electron chi connectivity index (χ4n) is 4.48. The highest BCUT2D eigenvalue weighted by Gasteiger charge is 2.28. The average Bonchev–Trinajstić information content (AvgIpc) is 2.64. The number of likely N-dealkylation sites (tertiary alicyclic amines) is 1. The molecule has 0 amide bonds. The van der Waals surface area contributed by atoms with Gasteiger partial charge in [-0.3, -0.25) is 0 Å². The first-order valence-corrected chi connectivity index (χ1v) is 9.74. The van der Waals surface area contributed by atoms with Gasteiger partial charge in [0.1, 0.15) is 5.75 Å². The highest BCUT2D eigenvalue weighted by molar-refractivity contribution is 5.36. The second-order valence-electron chi connectivity index (χ2n) is 7.72. The summed E-state index contributed by atoms with van der Waals surface area (Å²) in [6.45, 7) is 8.45. The Morgan fingerprint density at radius 1 is 1.12 bits per heavy atom.